The second-order valence-electron chi connectivity index (χ2n) is 5.25. The van der Waals surface area contributed by atoms with Crippen molar-refractivity contribution in [3.8, 4) is 0 Å². The van der Waals surface area contributed by atoms with Crippen molar-refractivity contribution >= 4 is 16.7 Å². The van der Waals surface area contributed by atoms with Gasteiger partial charge >= 0.3 is 0 Å². The molecule has 0 amide bonds. The number of ether oxygens (including phenoxy) is 1. The smallest absolute Gasteiger partial charge is 0.167 e. The SMILES string of the molecule is CN1CCOC(C(=O)Cc2ccnc3ccccc23)C1. The van der Waals surface area contributed by atoms with Gasteiger partial charge in [-0.15, -0.1) is 0 Å². The average Bonchev–Trinajstić information content (AvgIpc) is 2.47. The van der Waals surface area contributed by atoms with E-state index in [1.165, 1.54) is 0 Å². The van der Waals surface area contributed by atoms with Crippen LogP contribution in [0.1, 0.15) is 5.56 Å². The fourth-order valence-corrected chi connectivity index (χ4v) is 2.58. The van der Waals surface area contributed by atoms with Gasteiger partial charge in [0.2, 0.25) is 0 Å². The largest absolute Gasteiger partial charge is 0.368 e. The van der Waals surface area contributed by atoms with Crippen molar-refractivity contribution in [2.75, 3.05) is 26.7 Å². The monoisotopic (exact) mass is 270 g/mol. The molecule has 20 heavy (non-hydrogen) atoms. The van der Waals surface area contributed by atoms with E-state index >= 15 is 0 Å². The number of pyridine rings is 1. The van der Waals surface area contributed by atoms with Crippen molar-refractivity contribution in [3.63, 3.8) is 0 Å². The topological polar surface area (TPSA) is 42.4 Å². The Morgan fingerprint density at radius 1 is 1.40 bits per heavy atom. The minimum atomic E-state index is -0.305. The van der Waals surface area contributed by atoms with Crippen LogP contribution in [0.5, 0.6) is 0 Å². The molecule has 1 atom stereocenters. The summed E-state index contributed by atoms with van der Waals surface area (Å²) in [6, 6.07) is 9.84. The molecule has 1 fully saturated rings. The summed E-state index contributed by atoms with van der Waals surface area (Å²) in [4.78, 5) is 18.8. The zero-order valence-corrected chi connectivity index (χ0v) is 11.6. The maximum Gasteiger partial charge on any atom is 0.167 e. The van der Waals surface area contributed by atoms with E-state index in [2.05, 4.69) is 9.88 Å². The summed E-state index contributed by atoms with van der Waals surface area (Å²) in [5.41, 5.74) is 1.96. The zero-order chi connectivity index (χ0) is 13.9. The Labute approximate surface area is 118 Å². The molecule has 0 radical (unpaired) electrons. The first-order valence-corrected chi connectivity index (χ1v) is 6.89. The first kappa shape index (κ1) is 13.2. The van der Waals surface area contributed by atoms with Gasteiger partial charge in [-0.2, -0.15) is 0 Å². The molecule has 0 saturated carbocycles. The Morgan fingerprint density at radius 2 is 2.25 bits per heavy atom. The molecule has 4 heteroatoms. The number of rotatable bonds is 3. The van der Waals surface area contributed by atoms with Gasteiger partial charge in [0.25, 0.3) is 0 Å². The van der Waals surface area contributed by atoms with Gasteiger partial charge in [-0.25, -0.2) is 0 Å². The lowest BCUT2D eigenvalue weighted by molar-refractivity contribution is -0.134. The molecule has 1 saturated heterocycles. The van der Waals surface area contributed by atoms with Gasteiger partial charge in [0.1, 0.15) is 6.10 Å². The number of nitrogens with zero attached hydrogens (tertiary/aromatic N) is 2. The number of carbonyl (C=O) groups excluding carboxylic acids is 1. The van der Waals surface area contributed by atoms with Crippen molar-refractivity contribution in [2.45, 2.75) is 12.5 Å². The van der Waals surface area contributed by atoms with Crippen molar-refractivity contribution in [1.29, 1.82) is 0 Å². The molecule has 1 aliphatic rings. The van der Waals surface area contributed by atoms with E-state index in [1.807, 2.05) is 37.4 Å². The molecule has 0 aliphatic carbocycles. The van der Waals surface area contributed by atoms with E-state index in [9.17, 15) is 4.79 Å². The number of likely N-dealkylation sites (N-methyl/N-ethyl adjacent to an activating group) is 1. The zero-order valence-electron chi connectivity index (χ0n) is 11.6. The van der Waals surface area contributed by atoms with Crippen LogP contribution in [-0.2, 0) is 16.0 Å². The summed E-state index contributed by atoms with van der Waals surface area (Å²) in [7, 11) is 2.02. The molecule has 1 aromatic carbocycles. The highest BCUT2D eigenvalue weighted by Gasteiger charge is 2.25. The van der Waals surface area contributed by atoms with Crippen LogP contribution < -0.4 is 0 Å². The number of carbonyl (C=O) groups is 1. The molecular formula is C16H18N2O2. The molecular weight excluding hydrogens is 252 g/mol. The fourth-order valence-electron chi connectivity index (χ4n) is 2.58. The number of hydrogen-bond donors (Lipinski definition) is 0. The molecule has 2 heterocycles. The van der Waals surface area contributed by atoms with Crippen LogP contribution in [0.2, 0.25) is 0 Å². The fraction of sp³-hybridized carbons (Fsp3) is 0.375. The molecule has 104 valence electrons. The second kappa shape index (κ2) is 5.69. The lowest BCUT2D eigenvalue weighted by atomic mass is 10.0. The van der Waals surface area contributed by atoms with Gasteiger partial charge in [0.15, 0.2) is 5.78 Å². The Bertz CT molecular complexity index is 621. The van der Waals surface area contributed by atoms with Crippen LogP contribution in [0.15, 0.2) is 36.5 Å². The van der Waals surface area contributed by atoms with E-state index in [4.69, 9.17) is 4.74 Å². The molecule has 1 aromatic heterocycles. The molecule has 2 aromatic rings. The van der Waals surface area contributed by atoms with E-state index in [0.717, 1.165) is 23.0 Å². The molecule has 0 spiro atoms. The number of hydrogen-bond acceptors (Lipinski definition) is 4. The quantitative estimate of drug-likeness (QED) is 0.851. The minimum absolute atomic E-state index is 0.146. The first-order valence-electron chi connectivity index (χ1n) is 6.89. The first-order chi connectivity index (χ1) is 9.74. The Hall–Kier alpha value is -1.78. The summed E-state index contributed by atoms with van der Waals surface area (Å²) in [5.74, 6) is 0.146. The van der Waals surface area contributed by atoms with Crippen LogP contribution in [0.25, 0.3) is 10.9 Å². The average molecular weight is 270 g/mol. The molecule has 0 N–H and O–H groups in total. The highest BCUT2D eigenvalue weighted by Crippen LogP contribution is 2.18. The summed E-state index contributed by atoms with van der Waals surface area (Å²) in [6.45, 7) is 2.20. The predicted molar refractivity (Wildman–Crippen MR) is 77.7 cm³/mol. The van der Waals surface area contributed by atoms with Crippen molar-refractivity contribution in [2.24, 2.45) is 0 Å². The van der Waals surface area contributed by atoms with E-state index in [1.54, 1.807) is 6.20 Å². The lowest BCUT2D eigenvalue weighted by Gasteiger charge is -2.29. The molecule has 0 bridgehead atoms. The second-order valence-corrected chi connectivity index (χ2v) is 5.25. The summed E-state index contributed by atoms with van der Waals surface area (Å²) >= 11 is 0. The number of benzene rings is 1. The van der Waals surface area contributed by atoms with Gasteiger partial charge in [-0.05, 0) is 24.7 Å². The number of para-hydroxylation sites is 1. The van der Waals surface area contributed by atoms with Gasteiger partial charge < -0.3 is 9.64 Å². The van der Waals surface area contributed by atoms with E-state index < -0.39 is 0 Å². The lowest BCUT2D eigenvalue weighted by Crippen LogP contribution is -2.44. The Morgan fingerprint density at radius 3 is 3.10 bits per heavy atom. The molecule has 3 rings (SSSR count). The van der Waals surface area contributed by atoms with Crippen molar-refractivity contribution in [3.05, 3.63) is 42.1 Å². The van der Waals surface area contributed by atoms with E-state index in [-0.39, 0.29) is 11.9 Å². The molecule has 4 nitrogen and oxygen atoms in total. The third kappa shape index (κ3) is 2.71. The number of fused-ring (bicyclic) bond motifs is 1. The number of ketones is 1. The highest BCUT2D eigenvalue weighted by molar-refractivity contribution is 5.91. The summed E-state index contributed by atoms with van der Waals surface area (Å²) in [6.07, 6.45) is 1.86. The minimum Gasteiger partial charge on any atom is -0.368 e. The molecule has 1 unspecified atom stereocenters. The van der Waals surface area contributed by atoms with Crippen molar-refractivity contribution < 1.29 is 9.53 Å². The number of Topliss-reactive ketones (excluding diaryl/α,β-unsaturated/α-hetero) is 1. The van der Waals surface area contributed by atoms with Gasteiger partial charge in [-0.1, -0.05) is 18.2 Å². The van der Waals surface area contributed by atoms with Crippen LogP contribution in [-0.4, -0.2) is 48.5 Å². The molecule has 1 aliphatic heterocycles. The summed E-state index contributed by atoms with van der Waals surface area (Å²) in [5, 5.41) is 1.05. The van der Waals surface area contributed by atoms with Gasteiger partial charge in [0, 0.05) is 31.1 Å². The third-order valence-electron chi connectivity index (χ3n) is 3.73. The van der Waals surface area contributed by atoms with E-state index in [0.29, 0.717) is 19.6 Å². The van der Waals surface area contributed by atoms with Gasteiger partial charge in [-0.3, -0.25) is 9.78 Å². The van der Waals surface area contributed by atoms with Crippen molar-refractivity contribution in [1.82, 2.24) is 9.88 Å². The summed E-state index contributed by atoms with van der Waals surface area (Å²) < 4.78 is 5.59. The Balaban J connectivity index is 1.80. The predicted octanol–water partition coefficient (Wildman–Crippen LogP) is 1.68. The van der Waals surface area contributed by atoms with Crippen LogP contribution in [0, 0.1) is 0 Å². The normalized spacial score (nSPS) is 20.1. The maximum atomic E-state index is 12.4. The Kier molecular flexibility index (Phi) is 3.76. The van der Waals surface area contributed by atoms with Crippen LogP contribution in [0.4, 0.5) is 0 Å². The number of morpholine rings is 1. The third-order valence-corrected chi connectivity index (χ3v) is 3.73. The standard InChI is InChI=1S/C16H18N2O2/c1-18-8-9-20-16(11-18)15(19)10-12-6-7-17-14-5-3-2-4-13(12)14/h2-7,16H,8-11H2,1H3. The number of aromatic nitrogens is 1. The van der Waals surface area contributed by atoms with Crippen LogP contribution in [0.3, 0.4) is 0 Å². The van der Waals surface area contributed by atoms with Crippen LogP contribution >= 0.6 is 0 Å². The highest BCUT2D eigenvalue weighted by atomic mass is 16.5. The maximum absolute atomic E-state index is 12.4. The van der Waals surface area contributed by atoms with Gasteiger partial charge in [0.05, 0.1) is 12.1 Å².